The van der Waals surface area contributed by atoms with Gasteiger partial charge >= 0.3 is 0 Å². The van der Waals surface area contributed by atoms with Gasteiger partial charge in [0.2, 0.25) is 5.13 Å². The van der Waals surface area contributed by atoms with Crippen LogP contribution in [0.3, 0.4) is 0 Å². The van der Waals surface area contributed by atoms with Gasteiger partial charge in [0.05, 0.1) is 5.02 Å². The lowest BCUT2D eigenvalue weighted by Gasteiger charge is -2.31. The summed E-state index contributed by atoms with van der Waals surface area (Å²) in [6, 6.07) is 6.77. The molecule has 1 heterocycles. The SMILES string of the molecule is CCCN(c1nc(-c2ccc(C)cc2Cl)ns1)C(C1CC1)C1CC1. The lowest BCUT2D eigenvalue weighted by atomic mass is 10.1. The summed E-state index contributed by atoms with van der Waals surface area (Å²) in [7, 11) is 0. The molecule has 2 aliphatic carbocycles. The molecule has 5 heteroatoms. The van der Waals surface area contributed by atoms with Crippen molar-refractivity contribution in [2.75, 3.05) is 11.4 Å². The summed E-state index contributed by atoms with van der Waals surface area (Å²) in [6.07, 6.45) is 6.69. The molecule has 0 atom stereocenters. The normalized spacial score (nSPS) is 17.5. The van der Waals surface area contributed by atoms with Crippen molar-refractivity contribution in [3.8, 4) is 11.4 Å². The highest BCUT2D eigenvalue weighted by Crippen LogP contribution is 2.48. The largest absolute Gasteiger partial charge is 0.343 e. The maximum absolute atomic E-state index is 6.41. The number of rotatable bonds is 7. The zero-order chi connectivity index (χ0) is 16.7. The van der Waals surface area contributed by atoms with Crippen LogP contribution in [0.15, 0.2) is 18.2 Å². The van der Waals surface area contributed by atoms with Gasteiger partial charge in [0.15, 0.2) is 5.82 Å². The van der Waals surface area contributed by atoms with Crippen LogP contribution < -0.4 is 4.90 Å². The van der Waals surface area contributed by atoms with Gasteiger partial charge in [0, 0.05) is 29.7 Å². The highest BCUT2D eigenvalue weighted by Gasteiger charge is 2.45. The predicted octanol–water partition coefficient (Wildman–Crippen LogP) is 5.57. The first-order chi connectivity index (χ1) is 11.7. The fourth-order valence-electron chi connectivity index (χ4n) is 3.63. The molecule has 3 nitrogen and oxygen atoms in total. The van der Waals surface area contributed by atoms with Gasteiger partial charge < -0.3 is 4.90 Å². The fraction of sp³-hybridized carbons (Fsp3) is 0.579. The van der Waals surface area contributed by atoms with Crippen LogP contribution in [0.4, 0.5) is 5.13 Å². The van der Waals surface area contributed by atoms with E-state index in [1.165, 1.54) is 37.2 Å². The number of aromatic nitrogens is 2. The lowest BCUT2D eigenvalue weighted by Crippen LogP contribution is -2.39. The summed E-state index contributed by atoms with van der Waals surface area (Å²) >= 11 is 7.94. The van der Waals surface area contributed by atoms with Gasteiger partial charge in [0.25, 0.3) is 0 Å². The second-order valence-electron chi connectivity index (χ2n) is 7.24. The molecule has 1 aromatic carbocycles. The van der Waals surface area contributed by atoms with Crippen molar-refractivity contribution in [3.63, 3.8) is 0 Å². The number of nitrogens with zero attached hydrogens (tertiary/aromatic N) is 3. The van der Waals surface area contributed by atoms with E-state index in [1.807, 2.05) is 12.1 Å². The molecular formula is C19H24ClN3S. The third-order valence-corrected chi connectivity index (χ3v) is 6.13. The topological polar surface area (TPSA) is 29.0 Å². The third-order valence-electron chi connectivity index (χ3n) is 5.06. The summed E-state index contributed by atoms with van der Waals surface area (Å²) in [6.45, 7) is 5.38. The third kappa shape index (κ3) is 3.31. The minimum absolute atomic E-state index is 0.680. The Morgan fingerprint density at radius 1 is 1.25 bits per heavy atom. The molecule has 4 rings (SSSR count). The Balaban J connectivity index is 1.63. The van der Waals surface area contributed by atoms with E-state index in [-0.39, 0.29) is 0 Å². The molecular weight excluding hydrogens is 338 g/mol. The van der Waals surface area contributed by atoms with Crippen LogP contribution in [-0.2, 0) is 0 Å². The van der Waals surface area contributed by atoms with Gasteiger partial charge in [-0.25, -0.2) is 0 Å². The van der Waals surface area contributed by atoms with Crippen LogP contribution in [0, 0.1) is 18.8 Å². The smallest absolute Gasteiger partial charge is 0.205 e. The highest BCUT2D eigenvalue weighted by atomic mass is 35.5. The molecule has 0 amide bonds. The Kier molecular flexibility index (Phi) is 4.52. The van der Waals surface area contributed by atoms with Gasteiger partial charge in [-0.05, 0) is 68.6 Å². The molecule has 1 aromatic heterocycles. The van der Waals surface area contributed by atoms with E-state index in [4.69, 9.17) is 16.6 Å². The summed E-state index contributed by atoms with van der Waals surface area (Å²) in [5.41, 5.74) is 2.10. The molecule has 0 aliphatic heterocycles. The Bertz CT molecular complexity index is 709. The van der Waals surface area contributed by atoms with Crippen molar-refractivity contribution >= 4 is 28.3 Å². The first-order valence-corrected chi connectivity index (χ1v) is 10.2. The fourth-order valence-corrected chi connectivity index (χ4v) is 4.70. The lowest BCUT2D eigenvalue weighted by molar-refractivity contribution is 0.476. The summed E-state index contributed by atoms with van der Waals surface area (Å²) < 4.78 is 4.63. The number of anilines is 1. The molecule has 2 saturated carbocycles. The molecule has 0 N–H and O–H groups in total. The van der Waals surface area contributed by atoms with Gasteiger partial charge in [-0.1, -0.05) is 24.6 Å². The molecule has 0 radical (unpaired) electrons. The number of benzene rings is 1. The first kappa shape index (κ1) is 16.3. The molecule has 24 heavy (non-hydrogen) atoms. The molecule has 0 saturated heterocycles. The van der Waals surface area contributed by atoms with Crippen molar-refractivity contribution in [1.29, 1.82) is 0 Å². The van der Waals surface area contributed by atoms with Crippen LogP contribution in [0.25, 0.3) is 11.4 Å². The van der Waals surface area contributed by atoms with Crippen LogP contribution in [0.5, 0.6) is 0 Å². The van der Waals surface area contributed by atoms with Gasteiger partial charge in [-0.15, -0.1) is 0 Å². The van der Waals surface area contributed by atoms with Gasteiger partial charge in [-0.3, -0.25) is 0 Å². The van der Waals surface area contributed by atoms with Crippen molar-refractivity contribution in [2.45, 2.75) is 52.0 Å². The zero-order valence-corrected chi connectivity index (χ0v) is 15.9. The average molecular weight is 362 g/mol. The van der Waals surface area contributed by atoms with Crippen LogP contribution in [-0.4, -0.2) is 21.9 Å². The van der Waals surface area contributed by atoms with Crippen LogP contribution >= 0.6 is 23.1 Å². The maximum Gasteiger partial charge on any atom is 0.205 e. The minimum atomic E-state index is 0.680. The number of hydrogen-bond acceptors (Lipinski definition) is 4. The standard InChI is InChI=1S/C19H24ClN3S/c1-3-10-23(17(13-5-6-13)14-7-8-14)19-21-18(22-24-19)15-9-4-12(2)11-16(15)20/h4,9,11,13-14,17H,3,5-8,10H2,1-2H3. The molecule has 2 aromatic rings. The molecule has 0 spiro atoms. The van der Waals surface area contributed by atoms with Crippen LogP contribution in [0.1, 0.15) is 44.6 Å². The van der Waals surface area contributed by atoms with Crippen molar-refractivity contribution in [1.82, 2.24) is 9.36 Å². The van der Waals surface area contributed by atoms with E-state index in [9.17, 15) is 0 Å². The van der Waals surface area contributed by atoms with Crippen molar-refractivity contribution in [2.24, 2.45) is 11.8 Å². The number of aryl methyl sites for hydroxylation is 1. The first-order valence-electron chi connectivity index (χ1n) is 9.04. The number of hydrogen-bond donors (Lipinski definition) is 0. The second-order valence-corrected chi connectivity index (χ2v) is 8.38. The Morgan fingerprint density at radius 3 is 2.54 bits per heavy atom. The maximum atomic E-state index is 6.41. The molecule has 2 fully saturated rings. The van der Waals surface area contributed by atoms with Crippen molar-refractivity contribution < 1.29 is 0 Å². The Labute approximate surface area is 153 Å². The van der Waals surface area contributed by atoms with E-state index in [1.54, 1.807) is 0 Å². The van der Waals surface area contributed by atoms with E-state index >= 15 is 0 Å². The van der Waals surface area contributed by atoms with Crippen LogP contribution in [0.2, 0.25) is 5.02 Å². The van der Waals surface area contributed by atoms with E-state index in [0.717, 1.165) is 51.9 Å². The molecule has 0 bridgehead atoms. The molecule has 2 aliphatic rings. The Morgan fingerprint density at radius 2 is 1.96 bits per heavy atom. The summed E-state index contributed by atoms with van der Waals surface area (Å²) in [5, 5.41) is 1.81. The summed E-state index contributed by atoms with van der Waals surface area (Å²) in [5.74, 6) is 2.52. The van der Waals surface area contributed by atoms with E-state index < -0.39 is 0 Å². The summed E-state index contributed by atoms with van der Waals surface area (Å²) in [4.78, 5) is 7.43. The minimum Gasteiger partial charge on any atom is -0.343 e. The monoisotopic (exact) mass is 361 g/mol. The zero-order valence-electron chi connectivity index (χ0n) is 14.3. The predicted molar refractivity (Wildman–Crippen MR) is 102 cm³/mol. The average Bonchev–Trinajstić information content (AvgIpc) is 3.48. The molecule has 0 unspecified atom stereocenters. The molecule has 128 valence electrons. The number of halogens is 1. The van der Waals surface area contributed by atoms with Gasteiger partial charge in [0.1, 0.15) is 0 Å². The highest BCUT2D eigenvalue weighted by molar-refractivity contribution is 7.09. The van der Waals surface area contributed by atoms with E-state index in [2.05, 4.69) is 29.2 Å². The van der Waals surface area contributed by atoms with E-state index in [0.29, 0.717) is 6.04 Å². The quantitative estimate of drug-likeness (QED) is 0.645. The Hall–Kier alpha value is -1.13. The second kappa shape index (κ2) is 6.64. The van der Waals surface area contributed by atoms with Gasteiger partial charge in [-0.2, -0.15) is 9.36 Å². The van der Waals surface area contributed by atoms with Crippen molar-refractivity contribution in [3.05, 3.63) is 28.8 Å².